The molecule has 4 rings (SSSR count). The van der Waals surface area contributed by atoms with Gasteiger partial charge in [0.1, 0.15) is 0 Å². The Balaban J connectivity index is 1.34. The van der Waals surface area contributed by atoms with Crippen molar-refractivity contribution in [2.45, 2.75) is 53.0 Å². The molecule has 1 amide bonds. The van der Waals surface area contributed by atoms with E-state index in [2.05, 4.69) is 47.7 Å². The minimum atomic E-state index is 0.236. The maximum atomic E-state index is 11.6. The van der Waals surface area contributed by atoms with Crippen molar-refractivity contribution >= 4 is 5.91 Å². The van der Waals surface area contributed by atoms with E-state index in [9.17, 15) is 4.79 Å². The normalized spacial score (nSPS) is 19.6. The van der Waals surface area contributed by atoms with Gasteiger partial charge in [0, 0.05) is 37.8 Å². The van der Waals surface area contributed by atoms with Gasteiger partial charge in [0.25, 0.3) is 0 Å². The van der Waals surface area contributed by atoms with Crippen molar-refractivity contribution in [1.82, 2.24) is 19.6 Å². The molecule has 0 N–H and O–H groups in total. The summed E-state index contributed by atoms with van der Waals surface area (Å²) in [6.07, 6.45) is 4.95. The maximum Gasteiger partial charge on any atom is 0.219 e. The van der Waals surface area contributed by atoms with Crippen molar-refractivity contribution in [3.8, 4) is 5.69 Å². The third kappa shape index (κ3) is 4.40. The van der Waals surface area contributed by atoms with Crippen LogP contribution in [0.25, 0.3) is 5.69 Å². The van der Waals surface area contributed by atoms with Gasteiger partial charge in [-0.3, -0.25) is 9.69 Å². The molecule has 2 aromatic rings. The van der Waals surface area contributed by atoms with E-state index in [0.29, 0.717) is 0 Å². The Morgan fingerprint density at radius 2 is 1.55 bits per heavy atom. The highest BCUT2D eigenvalue weighted by Crippen LogP contribution is 2.33. The van der Waals surface area contributed by atoms with E-state index in [1.165, 1.54) is 50.0 Å². The van der Waals surface area contributed by atoms with Crippen LogP contribution >= 0.6 is 0 Å². The number of piperidine rings is 2. The molecule has 0 spiro atoms. The van der Waals surface area contributed by atoms with E-state index in [4.69, 9.17) is 5.10 Å². The van der Waals surface area contributed by atoms with Crippen molar-refractivity contribution in [1.29, 1.82) is 0 Å². The number of rotatable bonds is 4. The second-order valence-electron chi connectivity index (χ2n) is 8.85. The highest BCUT2D eigenvalue weighted by atomic mass is 16.2. The molecule has 2 saturated heterocycles. The molecule has 0 saturated carbocycles. The highest BCUT2D eigenvalue weighted by Gasteiger charge is 2.30. The summed E-state index contributed by atoms with van der Waals surface area (Å²) in [5, 5.41) is 4.81. The first-order valence-electron chi connectivity index (χ1n) is 11.1. The topological polar surface area (TPSA) is 41.4 Å². The molecule has 3 heterocycles. The average molecular weight is 395 g/mol. The lowest BCUT2D eigenvalue weighted by atomic mass is 9.78. The Bertz CT molecular complexity index is 828. The number of carbonyl (C=O) groups excluding carboxylic acids is 1. The molecule has 5 nitrogen and oxygen atoms in total. The Labute approximate surface area is 174 Å². The van der Waals surface area contributed by atoms with Gasteiger partial charge < -0.3 is 4.90 Å². The number of likely N-dealkylation sites (tertiary alicyclic amines) is 2. The minimum absolute atomic E-state index is 0.236. The summed E-state index contributed by atoms with van der Waals surface area (Å²) in [4.78, 5) is 16.2. The number of nitrogens with zero attached hydrogens (tertiary/aromatic N) is 4. The molecule has 156 valence electrons. The summed E-state index contributed by atoms with van der Waals surface area (Å²) in [6, 6.07) is 10.4. The molecule has 2 fully saturated rings. The zero-order valence-corrected chi connectivity index (χ0v) is 18.1. The number of benzene rings is 1. The molecule has 29 heavy (non-hydrogen) atoms. The Morgan fingerprint density at radius 1 is 0.966 bits per heavy atom. The molecule has 0 atom stereocenters. The number of aromatic nitrogens is 2. The van der Waals surface area contributed by atoms with Gasteiger partial charge in [0.05, 0.1) is 11.4 Å². The summed E-state index contributed by atoms with van der Waals surface area (Å²) in [7, 11) is 0. The lowest BCUT2D eigenvalue weighted by Gasteiger charge is -2.40. The zero-order chi connectivity index (χ0) is 20.4. The fourth-order valence-electron chi connectivity index (χ4n) is 5.22. The van der Waals surface area contributed by atoms with Gasteiger partial charge in [-0.05, 0) is 76.6 Å². The van der Waals surface area contributed by atoms with E-state index in [1.807, 2.05) is 11.0 Å². The number of para-hydroxylation sites is 1. The number of hydrogen-bond donors (Lipinski definition) is 0. The van der Waals surface area contributed by atoms with Crippen LogP contribution in [-0.4, -0.2) is 51.7 Å². The van der Waals surface area contributed by atoms with Crippen LogP contribution in [0, 0.1) is 25.7 Å². The predicted octanol–water partition coefficient (Wildman–Crippen LogP) is 3.96. The van der Waals surface area contributed by atoms with E-state index in [-0.39, 0.29) is 5.91 Å². The number of amides is 1. The van der Waals surface area contributed by atoms with Gasteiger partial charge in [-0.15, -0.1) is 0 Å². The van der Waals surface area contributed by atoms with E-state index >= 15 is 0 Å². The summed E-state index contributed by atoms with van der Waals surface area (Å²) >= 11 is 0. The molecule has 1 aromatic carbocycles. The summed E-state index contributed by atoms with van der Waals surface area (Å²) in [6.45, 7) is 11.3. The summed E-state index contributed by atoms with van der Waals surface area (Å²) in [5.74, 6) is 1.87. The first-order valence-corrected chi connectivity index (χ1v) is 11.1. The fraction of sp³-hybridized carbons (Fsp3) is 0.583. The number of carbonyl (C=O) groups is 1. The van der Waals surface area contributed by atoms with Gasteiger partial charge in [-0.1, -0.05) is 18.2 Å². The Kier molecular flexibility index (Phi) is 6.04. The largest absolute Gasteiger partial charge is 0.343 e. The van der Waals surface area contributed by atoms with Crippen molar-refractivity contribution in [3.05, 3.63) is 47.3 Å². The second-order valence-corrected chi connectivity index (χ2v) is 8.85. The lowest BCUT2D eigenvalue weighted by Crippen LogP contribution is -2.42. The van der Waals surface area contributed by atoms with Crippen molar-refractivity contribution in [3.63, 3.8) is 0 Å². The van der Waals surface area contributed by atoms with E-state index in [1.54, 1.807) is 6.92 Å². The van der Waals surface area contributed by atoms with Crippen LogP contribution in [0.3, 0.4) is 0 Å². The van der Waals surface area contributed by atoms with Crippen LogP contribution in [0.15, 0.2) is 30.3 Å². The Morgan fingerprint density at radius 3 is 2.14 bits per heavy atom. The summed E-state index contributed by atoms with van der Waals surface area (Å²) in [5.41, 5.74) is 4.91. The first-order chi connectivity index (χ1) is 14.0. The molecule has 2 aliphatic rings. The summed E-state index contributed by atoms with van der Waals surface area (Å²) < 4.78 is 2.08. The van der Waals surface area contributed by atoms with E-state index in [0.717, 1.165) is 42.9 Å². The molecule has 2 aliphatic heterocycles. The average Bonchev–Trinajstić information content (AvgIpc) is 3.03. The second kappa shape index (κ2) is 8.70. The van der Waals surface area contributed by atoms with Gasteiger partial charge in [-0.25, -0.2) is 4.68 Å². The molecule has 0 aliphatic carbocycles. The molecule has 0 bridgehead atoms. The lowest BCUT2D eigenvalue weighted by molar-refractivity contribution is -0.130. The van der Waals surface area contributed by atoms with Crippen molar-refractivity contribution in [2.75, 3.05) is 26.2 Å². The van der Waals surface area contributed by atoms with Gasteiger partial charge in [-0.2, -0.15) is 5.10 Å². The third-order valence-electron chi connectivity index (χ3n) is 7.11. The first kappa shape index (κ1) is 20.1. The van der Waals surface area contributed by atoms with Crippen molar-refractivity contribution in [2.24, 2.45) is 11.8 Å². The van der Waals surface area contributed by atoms with Crippen LogP contribution in [0.2, 0.25) is 0 Å². The number of hydrogen-bond acceptors (Lipinski definition) is 3. The molecule has 5 heteroatoms. The third-order valence-corrected chi connectivity index (χ3v) is 7.11. The zero-order valence-electron chi connectivity index (χ0n) is 18.1. The molecule has 1 aromatic heterocycles. The van der Waals surface area contributed by atoms with Gasteiger partial charge in [0.2, 0.25) is 5.91 Å². The monoisotopic (exact) mass is 394 g/mol. The standard InChI is InChI=1S/C24H34N4O/c1-18-24(19(2)28(25-18)23-7-5-4-6-8-23)17-26-13-9-21(10-14-26)22-11-15-27(16-12-22)20(3)29/h4-8,21-22H,9-17H2,1-3H3. The SMILES string of the molecule is CC(=O)N1CCC(C2CCN(Cc3c(C)nn(-c4ccccc4)c3C)CC2)CC1. The van der Waals surface area contributed by atoms with E-state index < -0.39 is 0 Å². The van der Waals surface area contributed by atoms with Crippen LogP contribution in [0.1, 0.15) is 49.6 Å². The van der Waals surface area contributed by atoms with Crippen LogP contribution in [0.5, 0.6) is 0 Å². The van der Waals surface area contributed by atoms with Crippen molar-refractivity contribution < 1.29 is 4.79 Å². The molecule has 0 unspecified atom stereocenters. The van der Waals surface area contributed by atoms with Gasteiger partial charge >= 0.3 is 0 Å². The fourth-order valence-corrected chi connectivity index (χ4v) is 5.22. The number of aryl methyl sites for hydroxylation is 1. The maximum absolute atomic E-state index is 11.6. The van der Waals surface area contributed by atoms with Crippen LogP contribution in [0.4, 0.5) is 0 Å². The molecular formula is C24H34N4O. The quantitative estimate of drug-likeness (QED) is 0.788. The molecular weight excluding hydrogens is 360 g/mol. The predicted molar refractivity (Wildman–Crippen MR) is 116 cm³/mol. The minimum Gasteiger partial charge on any atom is -0.343 e. The Hall–Kier alpha value is -2.14. The van der Waals surface area contributed by atoms with Gasteiger partial charge in [0.15, 0.2) is 0 Å². The highest BCUT2D eigenvalue weighted by molar-refractivity contribution is 5.73. The van der Waals surface area contributed by atoms with Crippen LogP contribution < -0.4 is 0 Å². The molecule has 0 radical (unpaired) electrons. The van der Waals surface area contributed by atoms with Crippen LogP contribution in [-0.2, 0) is 11.3 Å². The smallest absolute Gasteiger partial charge is 0.219 e.